The second-order valence-corrected chi connectivity index (χ2v) is 3.07. The van der Waals surface area contributed by atoms with E-state index in [1.807, 2.05) is 0 Å². The van der Waals surface area contributed by atoms with Crippen LogP contribution in [0.3, 0.4) is 0 Å². The van der Waals surface area contributed by atoms with E-state index in [4.69, 9.17) is 28.3 Å². The number of aliphatic hydroxyl groups is 1. The van der Waals surface area contributed by atoms with Gasteiger partial charge in [-0.15, -0.1) is 0 Å². The molecule has 1 N–H and O–H groups in total. The molecule has 0 aliphatic heterocycles. The molecule has 68 valence electrons. The molecule has 1 aromatic heterocycles. The van der Waals surface area contributed by atoms with Gasteiger partial charge in [0.15, 0.2) is 0 Å². The lowest BCUT2D eigenvalue weighted by atomic mass is 10.2. The van der Waals surface area contributed by atoms with E-state index in [-0.39, 0.29) is 6.61 Å². The summed E-state index contributed by atoms with van der Waals surface area (Å²) in [5.41, 5.74) is 0.562. The summed E-state index contributed by atoms with van der Waals surface area (Å²) < 4.78 is 0. The van der Waals surface area contributed by atoms with Gasteiger partial charge in [0.05, 0.1) is 22.2 Å². The van der Waals surface area contributed by atoms with Crippen LogP contribution in [0.25, 0.3) is 0 Å². The van der Waals surface area contributed by atoms with Gasteiger partial charge in [-0.2, -0.15) is 0 Å². The summed E-state index contributed by atoms with van der Waals surface area (Å²) in [6.07, 6.45) is 3.38. The van der Waals surface area contributed by atoms with Crippen molar-refractivity contribution < 1.29 is 5.11 Å². The van der Waals surface area contributed by atoms with Crippen molar-refractivity contribution in [2.45, 2.75) is 6.42 Å². The summed E-state index contributed by atoms with van der Waals surface area (Å²) in [6.45, 7) is 0.0350. The van der Waals surface area contributed by atoms with Gasteiger partial charge < -0.3 is 5.11 Å². The van der Waals surface area contributed by atoms with Crippen molar-refractivity contribution in [1.82, 2.24) is 4.98 Å². The minimum atomic E-state index is 0.0350. The number of rotatable bonds is 1. The Morgan fingerprint density at radius 1 is 1.31 bits per heavy atom. The van der Waals surface area contributed by atoms with Crippen LogP contribution >= 0.6 is 23.2 Å². The monoisotopic (exact) mass is 215 g/mol. The quantitative estimate of drug-likeness (QED) is 0.729. The van der Waals surface area contributed by atoms with Gasteiger partial charge in [0.1, 0.15) is 0 Å². The van der Waals surface area contributed by atoms with E-state index < -0.39 is 0 Å². The largest absolute Gasteiger partial charge is 0.395 e. The van der Waals surface area contributed by atoms with Crippen LogP contribution in [0.5, 0.6) is 0 Å². The molecule has 1 rings (SSSR count). The van der Waals surface area contributed by atoms with Crippen molar-refractivity contribution >= 4 is 23.2 Å². The van der Waals surface area contributed by atoms with Crippen LogP contribution in [-0.2, 0) is 0 Å². The predicted molar refractivity (Wildman–Crippen MR) is 52.8 cm³/mol. The lowest BCUT2D eigenvalue weighted by Gasteiger charge is -1.96. The van der Waals surface area contributed by atoms with Crippen molar-refractivity contribution in [3.8, 4) is 11.8 Å². The van der Waals surface area contributed by atoms with Crippen LogP contribution in [0.15, 0.2) is 12.4 Å². The van der Waals surface area contributed by atoms with Gasteiger partial charge in [-0.05, 0) is 0 Å². The van der Waals surface area contributed by atoms with Crippen molar-refractivity contribution in [3.05, 3.63) is 28.0 Å². The molecule has 0 spiro atoms. The molecule has 0 aromatic carbocycles. The van der Waals surface area contributed by atoms with E-state index in [9.17, 15) is 0 Å². The topological polar surface area (TPSA) is 33.1 Å². The minimum Gasteiger partial charge on any atom is -0.395 e. The van der Waals surface area contributed by atoms with Gasteiger partial charge in [0.25, 0.3) is 0 Å². The van der Waals surface area contributed by atoms with Crippen LogP contribution in [0.4, 0.5) is 0 Å². The van der Waals surface area contributed by atoms with Gasteiger partial charge in [-0.3, -0.25) is 4.98 Å². The van der Waals surface area contributed by atoms with Crippen LogP contribution < -0.4 is 0 Å². The highest BCUT2D eigenvalue weighted by molar-refractivity contribution is 6.36. The zero-order valence-electron chi connectivity index (χ0n) is 6.72. The predicted octanol–water partition coefficient (Wildman–Crippen LogP) is 2.12. The van der Waals surface area contributed by atoms with Gasteiger partial charge in [-0.25, -0.2) is 0 Å². The van der Waals surface area contributed by atoms with E-state index in [2.05, 4.69) is 16.8 Å². The Kier molecular flexibility index (Phi) is 4.04. The molecule has 0 atom stereocenters. The van der Waals surface area contributed by atoms with Gasteiger partial charge in [0.2, 0.25) is 0 Å². The molecule has 13 heavy (non-hydrogen) atoms. The lowest BCUT2D eigenvalue weighted by Crippen LogP contribution is -1.83. The molecule has 0 aliphatic rings. The molecule has 1 aromatic rings. The van der Waals surface area contributed by atoms with E-state index >= 15 is 0 Å². The van der Waals surface area contributed by atoms with Gasteiger partial charge in [0, 0.05) is 18.8 Å². The lowest BCUT2D eigenvalue weighted by molar-refractivity contribution is 0.305. The molecule has 2 nitrogen and oxygen atoms in total. The van der Waals surface area contributed by atoms with Crippen molar-refractivity contribution in [1.29, 1.82) is 0 Å². The minimum absolute atomic E-state index is 0.0350. The SMILES string of the molecule is OCCC#Cc1c(Cl)cncc1Cl. The zero-order chi connectivity index (χ0) is 9.68. The number of aliphatic hydroxyl groups excluding tert-OH is 1. The Hall–Kier alpha value is -0.750. The third-order valence-electron chi connectivity index (χ3n) is 1.30. The van der Waals surface area contributed by atoms with Crippen LogP contribution in [-0.4, -0.2) is 16.7 Å². The highest BCUT2D eigenvalue weighted by atomic mass is 35.5. The van der Waals surface area contributed by atoms with Crippen LogP contribution in [0.1, 0.15) is 12.0 Å². The second-order valence-electron chi connectivity index (χ2n) is 2.25. The summed E-state index contributed by atoms with van der Waals surface area (Å²) in [5.74, 6) is 5.50. The summed E-state index contributed by atoms with van der Waals surface area (Å²) in [4.78, 5) is 3.79. The van der Waals surface area contributed by atoms with Crippen molar-refractivity contribution in [3.63, 3.8) is 0 Å². The fourth-order valence-electron chi connectivity index (χ4n) is 0.738. The maximum absolute atomic E-state index is 8.50. The van der Waals surface area contributed by atoms with Crippen LogP contribution in [0, 0.1) is 11.8 Å². The number of hydrogen-bond donors (Lipinski definition) is 1. The maximum atomic E-state index is 8.50. The number of pyridine rings is 1. The zero-order valence-corrected chi connectivity index (χ0v) is 8.23. The highest BCUT2D eigenvalue weighted by Gasteiger charge is 2.01. The number of halogens is 2. The first-order valence-corrected chi connectivity index (χ1v) is 4.40. The third-order valence-corrected chi connectivity index (χ3v) is 1.88. The maximum Gasteiger partial charge on any atom is 0.0760 e. The Morgan fingerprint density at radius 3 is 2.46 bits per heavy atom. The summed E-state index contributed by atoms with van der Waals surface area (Å²) in [5, 5.41) is 9.36. The van der Waals surface area contributed by atoms with E-state index in [0.717, 1.165) is 0 Å². The first-order valence-electron chi connectivity index (χ1n) is 3.64. The molecule has 0 unspecified atom stereocenters. The smallest absolute Gasteiger partial charge is 0.0760 e. The van der Waals surface area contributed by atoms with Gasteiger partial charge in [-0.1, -0.05) is 35.0 Å². The van der Waals surface area contributed by atoms with Crippen molar-refractivity contribution in [2.24, 2.45) is 0 Å². The Morgan fingerprint density at radius 2 is 1.92 bits per heavy atom. The highest BCUT2D eigenvalue weighted by Crippen LogP contribution is 2.21. The first-order chi connectivity index (χ1) is 6.25. The molecule has 0 bridgehead atoms. The average molecular weight is 216 g/mol. The molecule has 0 radical (unpaired) electrons. The Balaban J connectivity index is 2.95. The molecule has 0 saturated carbocycles. The molecule has 4 heteroatoms. The number of nitrogens with zero attached hydrogens (tertiary/aromatic N) is 1. The van der Waals surface area contributed by atoms with Crippen LogP contribution in [0.2, 0.25) is 10.0 Å². The Bertz CT molecular complexity index is 334. The van der Waals surface area contributed by atoms with Gasteiger partial charge >= 0.3 is 0 Å². The molecular weight excluding hydrogens is 209 g/mol. The molecule has 0 saturated heterocycles. The Labute approximate surface area is 86.5 Å². The average Bonchev–Trinajstić information content (AvgIpc) is 2.10. The van der Waals surface area contributed by atoms with E-state index in [1.54, 1.807) is 0 Å². The molecular formula is C9H7Cl2NO. The standard InChI is InChI=1S/C9H7Cl2NO/c10-8-5-12-6-9(11)7(8)3-1-2-4-13/h5-6,13H,2,4H2. The summed E-state index contributed by atoms with van der Waals surface area (Å²) in [7, 11) is 0. The van der Waals surface area contributed by atoms with Crippen molar-refractivity contribution in [2.75, 3.05) is 6.61 Å². The molecule has 0 aliphatic carbocycles. The first kappa shape index (κ1) is 10.3. The summed E-state index contributed by atoms with van der Waals surface area (Å²) in [6, 6.07) is 0. The fraction of sp³-hybridized carbons (Fsp3) is 0.222. The second kappa shape index (κ2) is 5.08. The number of aromatic nitrogens is 1. The fourth-order valence-corrected chi connectivity index (χ4v) is 1.20. The molecule has 0 amide bonds. The normalized spacial score (nSPS) is 9.15. The molecule has 1 heterocycles. The third kappa shape index (κ3) is 2.89. The number of hydrogen-bond acceptors (Lipinski definition) is 2. The molecule has 0 fully saturated rings. The van der Waals surface area contributed by atoms with E-state index in [0.29, 0.717) is 22.0 Å². The summed E-state index contributed by atoms with van der Waals surface area (Å²) >= 11 is 11.6. The van der Waals surface area contributed by atoms with E-state index in [1.165, 1.54) is 12.4 Å².